The third-order valence-electron chi connectivity index (χ3n) is 2.75. The van der Waals surface area contributed by atoms with Crippen molar-refractivity contribution in [3.63, 3.8) is 0 Å². The number of benzene rings is 2. The lowest BCUT2D eigenvalue weighted by molar-refractivity contribution is 0.618. The lowest BCUT2D eigenvalue weighted by atomic mass is 10.2. The molecule has 0 bridgehead atoms. The molecule has 5 heteroatoms. The van der Waals surface area contributed by atoms with Crippen LogP contribution >= 0.6 is 11.6 Å². The second-order valence-electron chi connectivity index (χ2n) is 3.85. The summed E-state index contributed by atoms with van der Waals surface area (Å²) in [6.45, 7) is 0. The smallest absolute Gasteiger partial charge is 0.305 e. The van der Waals surface area contributed by atoms with Gasteiger partial charge in [0.05, 0.1) is 21.7 Å². The van der Waals surface area contributed by atoms with Gasteiger partial charge in [0.2, 0.25) is 0 Å². The van der Waals surface area contributed by atoms with Crippen LogP contribution in [0, 0.1) is 5.82 Å². The Bertz CT molecular complexity index is 791. The fourth-order valence-corrected chi connectivity index (χ4v) is 2.24. The number of imidazole rings is 1. The van der Waals surface area contributed by atoms with Gasteiger partial charge >= 0.3 is 5.69 Å². The van der Waals surface area contributed by atoms with Crippen molar-refractivity contribution >= 4 is 22.6 Å². The normalized spacial score (nSPS) is 11.0. The highest BCUT2D eigenvalue weighted by molar-refractivity contribution is 6.35. The zero-order valence-electron chi connectivity index (χ0n) is 9.15. The summed E-state index contributed by atoms with van der Waals surface area (Å²) in [5, 5.41) is 0.397. The molecule has 1 N–H and O–H groups in total. The molecule has 0 amide bonds. The molecule has 18 heavy (non-hydrogen) atoms. The van der Waals surface area contributed by atoms with E-state index in [1.165, 1.54) is 16.7 Å². The van der Waals surface area contributed by atoms with Crippen molar-refractivity contribution in [2.45, 2.75) is 0 Å². The van der Waals surface area contributed by atoms with Gasteiger partial charge in [-0.15, -0.1) is 0 Å². The molecule has 1 aromatic heterocycles. The molecule has 1 heterocycles. The van der Waals surface area contributed by atoms with E-state index in [9.17, 15) is 9.18 Å². The minimum absolute atomic E-state index is 0.182. The van der Waals surface area contributed by atoms with E-state index < -0.39 is 11.5 Å². The van der Waals surface area contributed by atoms with E-state index in [0.717, 1.165) is 0 Å². The predicted molar refractivity (Wildman–Crippen MR) is 68.9 cm³/mol. The van der Waals surface area contributed by atoms with Gasteiger partial charge in [-0.2, -0.15) is 0 Å². The summed E-state index contributed by atoms with van der Waals surface area (Å²) in [5.41, 5.74) is 0.829. The van der Waals surface area contributed by atoms with Crippen LogP contribution in [0.15, 0.2) is 47.3 Å². The maximum absolute atomic E-state index is 13.8. The average Bonchev–Trinajstić information content (AvgIpc) is 2.68. The lowest BCUT2D eigenvalue weighted by Crippen LogP contribution is -2.15. The van der Waals surface area contributed by atoms with E-state index in [1.807, 2.05) is 0 Å². The number of H-pyrrole nitrogens is 1. The fourth-order valence-electron chi connectivity index (χ4n) is 1.98. The first kappa shape index (κ1) is 11.0. The minimum atomic E-state index is -0.472. The molecule has 0 aliphatic rings. The zero-order chi connectivity index (χ0) is 12.7. The van der Waals surface area contributed by atoms with Crippen molar-refractivity contribution in [1.82, 2.24) is 9.55 Å². The van der Waals surface area contributed by atoms with E-state index in [-0.39, 0.29) is 5.69 Å². The molecule has 0 fully saturated rings. The summed E-state index contributed by atoms with van der Waals surface area (Å²) >= 11 is 6.08. The Morgan fingerprint density at radius 1 is 1.11 bits per heavy atom. The Labute approximate surface area is 106 Å². The first-order valence-corrected chi connectivity index (χ1v) is 5.70. The molecule has 0 spiro atoms. The van der Waals surface area contributed by atoms with Crippen molar-refractivity contribution in [1.29, 1.82) is 0 Å². The fraction of sp³-hybridized carbons (Fsp3) is 0. The van der Waals surface area contributed by atoms with Gasteiger partial charge < -0.3 is 4.98 Å². The van der Waals surface area contributed by atoms with Gasteiger partial charge in [0.25, 0.3) is 0 Å². The lowest BCUT2D eigenvalue weighted by Gasteiger charge is -2.05. The Hall–Kier alpha value is -2.07. The number of hydrogen-bond donors (Lipinski definition) is 1. The van der Waals surface area contributed by atoms with Crippen LogP contribution < -0.4 is 5.69 Å². The Kier molecular flexibility index (Phi) is 2.45. The van der Waals surface area contributed by atoms with Crippen molar-refractivity contribution < 1.29 is 4.39 Å². The molecule has 0 unspecified atom stereocenters. The highest BCUT2D eigenvalue weighted by Crippen LogP contribution is 2.24. The molecule has 2 aromatic carbocycles. The third kappa shape index (κ3) is 1.54. The standard InChI is InChI=1S/C13H8ClFN2O/c14-8-4-3-6-10-12(8)17(13(18)16-10)11-7-2-1-5-9(11)15/h1-7H,(H,16,18). The maximum atomic E-state index is 13.8. The summed E-state index contributed by atoms with van der Waals surface area (Å²) in [5.74, 6) is -0.472. The van der Waals surface area contributed by atoms with Crippen LogP contribution in [0.1, 0.15) is 0 Å². The highest BCUT2D eigenvalue weighted by atomic mass is 35.5. The monoisotopic (exact) mass is 262 g/mol. The van der Waals surface area contributed by atoms with E-state index in [0.29, 0.717) is 16.1 Å². The first-order valence-electron chi connectivity index (χ1n) is 5.32. The van der Waals surface area contributed by atoms with Crippen LogP contribution in [0.4, 0.5) is 4.39 Å². The van der Waals surface area contributed by atoms with Crippen LogP contribution in [0.5, 0.6) is 0 Å². The van der Waals surface area contributed by atoms with Gasteiger partial charge in [0, 0.05) is 0 Å². The summed E-state index contributed by atoms with van der Waals surface area (Å²) in [6.07, 6.45) is 0. The van der Waals surface area contributed by atoms with Crippen molar-refractivity contribution in [3.8, 4) is 5.69 Å². The van der Waals surface area contributed by atoms with Gasteiger partial charge in [-0.05, 0) is 24.3 Å². The number of para-hydroxylation sites is 2. The van der Waals surface area contributed by atoms with Crippen LogP contribution in [0.3, 0.4) is 0 Å². The zero-order valence-corrected chi connectivity index (χ0v) is 9.91. The highest BCUT2D eigenvalue weighted by Gasteiger charge is 2.13. The molecule has 0 saturated heterocycles. The molecule has 3 nitrogen and oxygen atoms in total. The summed E-state index contributed by atoms with van der Waals surface area (Å²) in [7, 11) is 0. The summed E-state index contributed by atoms with van der Waals surface area (Å²) < 4.78 is 15.0. The van der Waals surface area contributed by atoms with E-state index in [2.05, 4.69) is 4.98 Å². The quantitative estimate of drug-likeness (QED) is 0.719. The van der Waals surface area contributed by atoms with Crippen molar-refractivity contribution in [2.75, 3.05) is 0 Å². The van der Waals surface area contributed by atoms with Crippen LogP contribution in [0.2, 0.25) is 5.02 Å². The predicted octanol–water partition coefficient (Wildman–Crippen LogP) is 3.11. The Morgan fingerprint density at radius 2 is 1.89 bits per heavy atom. The molecule has 3 rings (SSSR count). The van der Waals surface area contributed by atoms with Gasteiger partial charge in [0.1, 0.15) is 5.82 Å². The minimum Gasteiger partial charge on any atom is -0.305 e. The molecular weight excluding hydrogens is 255 g/mol. The second-order valence-corrected chi connectivity index (χ2v) is 4.26. The molecule has 0 radical (unpaired) electrons. The van der Waals surface area contributed by atoms with Crippen molar-refractivity contribution in [2.24, 2.45) is 0 Å². The number of nitrogens with zero attached hydrogens (tertiary/aromatic N) is 1. The maximum Gasteiger partial charge on any atom is 0.331 e. The number of aromatic amines is 1. The number of hydrogen-bond acceptors (Lipinski definition) is 1. The molecular formula is C13H8ClFN2O. The topological polar surface area (TPSA) is 37.8 Å². The number of rotatable bonds is 1. The Balaban J connectivity index is 2.47. The summed E-state index contributed by atoms with van der Waals surface area (Å²) in [6, 6.07) is 11.2. The molecule has 0 saturated carbocycles. The van der Waals surface area contributed by atoms with E-state index in [4.69, 9.17) is 11.6 Å². The SMILES string of the molecule is O=c1[nH]c2cccc(Cl)c2n1-c1ccccc1F. The molecule has 0 aliphatic heterocycles. The molecule has 90 valence electrons. The van der Waals surface area contributed by atoms with Gasteiger partial charge in [-0.25, -0.2) is 9.18 Å². The summed E-state index contributed by atoms with van der Waals surface area (Å²) in [4.78, 5) is 14.6. The van der Waals surface area contributed by atoms with E-state index in [1.54, 1.807) is 30.3 Å². The molecule has 0 aliphatic carbocycles. The van der Waals surface area contributed by atoms with Crippen LogP contribution in [0.25, 0.3) is 16.7 Å². The molecule has 0 atom stereocenters. The van der Waals surface area contributed by atoms with Crippen LogP contribution in [-0.4, -0.2) is 9.55 Å². The number of halogens is 2. The van der Waals surface area contributed by atoms with Gasteiger partial charge in [-0.3, -0.25) is 4.57 Å². The Morgan fingerprint density at radius 3 is 2.67 bits per heavy atom. The molecule has 3 aromatic rings. The van der Waals surface area contributed by atoms with Crippen molar-refractivity contribution in [3.05, 3.63) is 63.8 Å². The first-order chi connectivity index (χ1) is 8.68. The number of aromatic nitrogens is 2. The second kappa shape index (κ2) is 3.99. The third-order valence-corrected chi connectivity index (χ3v) is 3.05. The van der Waals surface area contributed by atoms with E-state index >= 15 is 0 Å². The van der Waals surface area contributed by atoms with Crippen LogP contribution in [-0.2, 0) is 0 Å². The number of nitrogens with one attached hydrogen (secondary N) is 1. The largest absolute Gasteiger partial charge is 0.331 e. The van der Waals surface area contributed by atoms with Gasteiger partial charge in [0.15, 0.2) is 0 Å². The average molecular weight is 263 g/mol. The number of fused-ring (bicyclic) bond motifs is 1. The van der Waals surface area contributed by atoms with Gasteiger partial charge in [-0.1, -0.05) is 29.8 Å².